The highest BCUT2D eigenvalue weighted by molar-refractivity contribution is 6.47. The molecule has 0 bridgehead atoms. The minimum atomic E-state index is -0.689. The zero-order valence-electron chi connectivity index (χ0n) is 23.7. The van der Waals surface area contributed by atoms with E-state index in [9.17, 15) is 9.59 Å². The Bertz CT molecular complexity index is 1600. The lowest BCUT2D eigenvalue weighted by Gasteiger charge is -2.45. The number of nitrogens with one attached hydrogen (secondary N) is 1. The average molecular weight is 552 g/mol. The van der Waals surface area contributed by atoms with Gasteiger partial charge in [0.1, 0.15) is 18.1 Å². The lowest BCUT2D eigenvalue weighted by molar-refractivity contribution is -0.112. The van der Waals surface area contributed by atoms with E-state index in [4.69, 9.17) is 4.74 Å². The number of aryl methyl sites for hydroxylation is 1. The maximum Gasteiger partial charge on any atom is 0.298 e. The van der Waals surface area contributed by atoms with E-state index in [1.807, 2.05) is 86.8 Å². The number of piperazine rings is 1. The van der Waals surface area contributed by atoms with Crippen molar-refractivity contribution in [3.05, 3.63) is 78.4 Å². The number of carbonyl (C=O) groups is 2. The number of anilines is 4. The Morgan fingerprint density at radius 2 is 1.78 bits per heavy atom. The van der Waals surface area contributed by atoms with Crippen LogP contribution in [0.1, 0.15) is 16.2 Å². The van der Waals surface area contributed by atoms with Crippen LogP contribution in [0.5, 0.6) is 5.75 Å². The molecule has 10 heteroatoms. The number of ether oxygens (including phenoxy) is 1. The van der Waals surface area contributed by atoms with Crippen molar-refractivity contribution in [2.45, 2.75) is 13.0 Å². The van der Waals surface area contributed by atoms with E-state index in [1.165, 1.54) is 0 Å². The summed E-state index contributed by atoms with van der Waals surface area (Å²) in [7, 11) is 5.74. The Balaban J connectivity index is 1.15. The van der Waals surface area contributed by atoms with E-state index >= 15 is 0 Å². The van der Waals surface area contributed by atoms with Crippen molar-refractivity contribution in [3.8, 4) is 16.9 Å². The van der Waals surface area contributed by atoms with Gasteiger partial charge in [-0.05, 0) is 30.7 Å². The number of ketones is 1. The van der Waals surface area contributed by atoms with Crippen LogP contribution in [0.2, 0.25) is 0 Å². The molecule has 0 aliphatic carbocycles. The van der Waals surface area contributed by atoms with Crippen LogP contribution in [-0.4, -0.2) is 72.6 Å². The molecule has 1 saturated heterocycles. The van der Waals surface area contributed by atoms with Crippen LogP contribution in [0.3, 0.4) is 0 Å². The molecule has 41 heavy (non-hydrogen) atoms. The fourth-order valence-corrected chi connectivity index (χ4v) is 5.48. The van der Waals surface area contributed by atoms with Gasteiger partial charge >= 0.3 is 0 Å². The Kier molecular flexibility index (Phi) is 6.82. The van der Waals surface area contributed by atoms with Crippen molar-refractivity contribution >= 4 is 34.7 Å². The highest BCUT2D eigenvalue weighted by Crippen LogP contribution is 2.38. The van der Waals surface area contributed by atoms with Crippen molar-refractivity contribution < 1.29 is 14.3 Å². The Morgan fingerprint density at radius 3 is 2.51 bits per heavy atom. The maximum atomic E-state index is 13.4. The van der Waals surface area contributed by atoms with Gasteiger partial charge in [0, 0.05) is 63.8 Å². The van der Waals surface area contributed by atoms with Crippen LogP contribution in [0.25, 0.3) is 11.1 Å². The van der Waals surface area contributed by atoms with Gasteiger partial charge in [-0.3, -0.25) is 9.59 Å². The van der Waals surface area contributed by atoms with Crippen LogP contribution >= 0.6 is 0 Å². The van der Waals surface area contributed by atoms with Crippen molar-refractivity contribution in [1.82, 2.24) is 14.5 Å². The quantitative estimate of drug-likeness (QED) is 0.286. The van der Waals surface area contributed by atoms with Crippen LogP contribution < -0.4 is 24.8 Å². The molecule has 4 aromatic rings. The second-order valence-electron chi connectivity index (χ2n) is 10.7. The highest BCUT2D eigenvalue weighted by Gasteiger charge is 2.34. The molecule has 2 aliphatic rings. The molecule has 2 aromatic carbocycles. The minimum Gasteiger partial charge on any atom is -0.489 e. The third-order valence-corrected chi connectivity index (χ3v) is 7.84. The molecule has 0 radical (unpaired) electrons. The first kappa shape index (κ1) is 26.4. The first-order chi connectivity index (χ1) is 19.8. The Morgan fingerprint density at radius 1 is 1.02 bits per heavy atom. The predicted octanol–water partition coefficient (Wildman–Crippen LogP) is 3.77. The summed E-state index contributed by atoms with van der Waals surface area (Å²) in [5.74, 6) is 0.125. The average Bonchev–Trinajstić information content (AvgIpc) is 3.30. The molecule has 1 atom stereocenters. The highest BCUT2D eigenvalue weighted by atomic mass is 16.5. The molecule has 0 unspecified atom stereocenters. The lowest BCUT2D eigenvalue weighted by atomic mass is 10.0. The monoisotopic (exact) mass is 551 g/mol. The number of nitrogens with zero attached hydrogens (tertiary/aromatic N) is 6. The van der Waals surface area contributed by atoms with Crippen molar-refractivity contribution in [2.75, 3.05) is 60.4 Å². The zero-order valence-corrected chi connectivity index (χ0v) is 23.7. The number of amides is 1. The van der Waals surface area contributed by atoms with Crippen molar-refractivity contribution in [3.63, 3.8) is 0 Å². The van der Waals surface area contributed by atoms with Crippen LogP contribution in [-0.2, 0) is 11.8 Å². The number of Topliss-reactive ketones (excluding diaryl/α,β-unsaturated/α-hetero) is 1. The normalized spacial score (nSPS) is 16.0. The third-order valence-electron chi connectivity index (χ3n) is 7.84. The molecule has 210 valence electrons. The first-order valence-electron chi connectivity index (χ1n) is 13.7. The van der Waals surface area contributed by atoms with Gasteiger partial charge in [0.05, 0.1) is 29.8 Å². The standard InChI is InChI=1S/C31H33N7O3/c1-20-14-25(21-8-6-5-7-9-21)28(36(20)4)29(39)30(40)34-22-10-11-26-27(15-22)41-19-24-18-37(12-13-38(24)26)31-32-16-23(17-33-31)35(2)3/h5-11,14-17,24H,12-13,18-19H2,1-4H3,(H,34,40)/t24-/m0/s1. The van der Waals surface area contributed by atoms with Crippen molar-refractivity contribution in [2.24, 2.45) is 7.05 Å². The van der Waals surface area contributed by atoms with Crippen LogP contribution in [0.15, 0.2) is 67.0 Å². The second-order valence-corrected chi connectivity index (χ2v) is 10.7. The zero-order chi connectivity index (χ0) is 28.7. The molecular formula is C31H33N7O3. The Hall–Kier alpha value is -4.86. The molecule has 1 N–H and O–H groups in total. The van der Waals surface area contributed by atoms with Gasteiger partial charge in [-0.1, -0.05) is 30.3 Å². The largest absolute Gasteiger partial charge is 0.489 e. The van der Waals surface area contributed by atoms with E-state index in [-0.39, 0.29) is 6.04 Å². The fraction of sp³-hybridized carbons (Fsp3) is 0.290. The summed E-state index contributed by atoms with van der Waals surface area (Å²) in [5, 5.41) is 2.79. The predicted molar refractivity (Wildman–Crippen MR) is 160 cm³/mol. The van der Waals surface area contributed by atoms with Gasteiger partial charge in [-0.15, -0.1) is 0 Å². The SMILES string of the molecule is Cc1cc(-c2ccccc2)c(C(=O)C(=O)Nc2ccc3c(c2)OC[C@@H]2CN(c4ncc(N(C)C)cn4)CCN32)n1C. The topological polar surface area (TPSA) is 95.8 Å². The fourth-order valence-electron chi connectivity index (χ4n) is 5.48. The minimum absolute atomic E-state index is 0.146. The smallest absolute Gasteiger partial charge is 0.298 e. The van der Waals surface area contributed by atoms with E-state index in [0.717, 1.165) is 47.8 Å². The molecular weight excluding hydrogens is 518 g/mol. The summed E-state index contributed by atoms with van der Waals surface area (Å²) in [5.41, 5.74) is 5.34. The lowest BCUT2D eigenvalue weighted by Crippen LogP contribution is -2.57. The van der Waals surface area contributed by atoms with Gasteiger partial charge in [0.25, 0.3) is 11.7 Å². The molecule has 6 rings (SSSR count). The molecule has 1 fully saturated rings. The number of hydrogen-bond donors (Lipinski definition) is 1. The number of fused-ring (bicyclic) bond motifs is 3. The van der Waals surface area contributed by atoms with E-state index in [2.05, 4.69) is 25.1 Å². The van der Waals surface area contributed by atoms with Crippen LogP contribution in [0, 0.1) is 6.92 Å². The molecule has 1 amide bonds. The first-order valence-corrected chi connectivity index (χ1v) is 13.7. The van der Waals surface area contributed by atoms with Gasteiger partial charge in [-0.2, -0.15) is 0 Å². The molecule has 10 nitrogen and oxygen atoms in total. The van der Waals surface area contributed by atoms with Crippen molar-refractivity contribution in [1.29, 1.82) is 0 Å². The Labute approximate surface area is 239 Å². The van der Waals surface area contributed by atoms with E-state index in [1.54, 1.807) is 17.7 Å². The number of carbonyl (C=O) groups excluding carboxylic acids is 2. The van der Waals surface area contributed by atoms with Crippen LogP contribution in [0.4, 0.5) is 23.0 Å². The molecule has 4 heterocycles. The summed E-state index contributed by atoms with van der Waals surface area (Å²) in [6.45, 7) is 4.73. The summed E-state index contributed by atoms with van der Waals surface area (Å²) in [6, 6.07) is 17.3. The van der Waals surface area contributed by atoms with Gasteiger partial charge in [-0.25, -0.2) is 9.97 Å². The summed E-state index contributed by atoms with van der Waals surface area (Å²) >= 11 is 0. The van der Waals surface area contributed by atoms with E-state index in [0.29, 0.717) is 29.7 Å². The van der Waals surface area contributed by atoms with Gasteiger partial charge in [0.15, 0.2) is 0 Å². The molecule has 0 saturated carbocycles. The number of hydrogen-bond acceptors (Lipinski definition) is 8. The van der Waals surface area contributed by atoms with Gasteiger partial charge < -0.3 is 29.3 Å². The summed E-state index contributed by atoms with van der Waals surface area (Å²) in [4.78, 5) is 42.1. The second kappa shape index (κ2) is 10.6. The maximum absolute atomic E-state index is 13.4. The number of benzene rings is 2. The molecule has 2 aliphatic heterocycles. The molecule has 2 aromatic heterocycles. The third kappa shape index (κ3) is 4.97. The summed E-state index contributed by atoms with van der Waals surface area (Å²) < 4.78 is 7.90. The molecule has 0 spiro atoms. The summed E-state index contributed by atoms with van der Waals surface area (Å²) in [6.07, 6.45) is 3.67. The number of aromatic nitrogens is 3. The van der Waals surface area contributed by atoms with Gasteiger partial charge in [0.2, 0.25) is 5.95 Å². The number of rotatable bonds is 6. The van der Waals surface area contributed by atoms with E-state index < -0.39 is 11.7 Å².